The molecule has 0 spiro atoms. The Morgan fingerprint density at radius 2 is 1.62 bits per heavy atom. The normalized spacial score (nSPS) is 14.8. The Hall–Kier alpha value is -3.88. The Labute approximate surface area is 217 Å². The maximum atomic E-state index is 11.5. The van der Waals surface area contributed by atoms with E-state index in [0.29, 0.717) is 12.1 Å². The first-order chi connectivity index (χ1) is 18.1. The number of nitrogens with one attached hydrogen (secondary N) is 1. The van der Waals surface area contributed by atoms with Gasteiger partial charge < -0.3 is 14.2 Å². The van der Waals surface area contributed by atoms with E-state index in [2.05, 4.69) is 44.8 Å². The quantitative estimate of drug-likeness (QED) is 0.291. The molecule has 1 amide bonds. The molecule has 0 aliphatic carbocycles. The number of carbonyl (C=O) groups is 1. The van der Waals surface area contributed by atoms with Gasteiger partial charge in [0.15, 0.2) is 0 Å². The molecular formula is C29H33N5O3. The van der Waals surface area contributed by atoms with Gasteiger partial charge in [-0.15, -0.1) is 0 Å². The highest BCUT2D eigenvalue weighted by Gasteiger charge is 2.15. The summed E-state index contributed by atoms with van der Waals surface area (Å²) in [5.41, 5.74) is 6.58. The van der Waals surface area contributed by atoms with Crippen molar-refractivity contribution in [3.05, 3.63) is 89.7 Å². The molecule has 1 aliphatic heterocycles. The van der Waals surface area contributed by atoms with E-state index in [1.165, 1.54) is 11.3 Å². The van der Waals surface area contributed by atoms with Gasteiger partial charge in [0, 0.05) is 56.4 Å². The summed E-state index contributed by atoms with van der Waals surface area (Å²) in [7, 11) is 1.70. The van der Waals surface area contributed by atoms with Crippen LogP contribution in [0.25, 0.3) is 11.0 Å². The molecule has 2 aromatic heterocycles. The zero-order chi connectivity index (χ0) is 25.6. The number of hydrogen-bond donors (Lipinski definition) is 2. The Balaban J connectivity index is 1.20. The lowest BCUT2D eigenvalue weighted by Gasteiger charge is -2.31. The van der Waals surface area contributed by atoms with Crippen LogP contribution in [0, 0.1) is 0 Å². The molecule has 5 rings (SSSR count). The van der Waals surface area contributed by atoms with Gasteiger partial charge in [-0.05, 0) is 60.4 Å². The Morgan fingerprint density at radius 1 is 0.946 bits per heavy atom. The third-order valence-corrected chi connectivity index (χ3v) is 6.99. The molecule has 0 unspecified atom stereocenters. The van der Waals surface area contributed by atoms with Crippen molar-refractivity contribution < 1.29 is 14.7 Å². The molecule has 1 fully saturated rings. The maximum Gasteiger partial charge on any atom is 0.274 e. The van der Waals surface area contributed by atoms with Crippen LogP contribution >= 0.6 is 0 Å². The minimum atomic E-state index is -0.513. The van der Waals surface area contributed by atoms with E-state index in [1.54, 1.807) is 24.7 Å². The second kappa shape index (κ2) is 11.5. The monoisotopic (exact) mass is 499 g/mol. The summed E-state index contributed by atoms with van der Waals surface area (Å²) in [5, 5.41) is 9.91. The van der Waals surface area contributed by atoms with Crippen LogP contribution in [0.15, 0.2) is 73.1 Å². The number of anilines is 1. The second-order valence-electron chi connectivity index (χ2n) is 9.51. The van der Waals surface area contributed by atoms with Crippen molar-refractivity contribution >= 4 is 22.6 Å². The van der Waals surface area contributed by atoms with Crippen molar-refractivity contribution in [1.29, 1.82) is 0 Å². The standard InChI is InChI=1S/C29H33N5O3/c1-37-27-10-6-22(7-11-27)20-32-13-2-15-33(16-3-14-32)26-18-25-12-17-34(28(25)30-19-26)21-23-4-8-24(9-5-23)29(35)31-36/h4-12,17-19,36H,2-3,13-16,20-21H2,1H3,(H,31,35). The van der Waals surface area contributed by atoms with Crippen LogP contribution in [-0.2, 0) is 13.1 Å². The molecular weight excluding hydrogens is 466 g/mol. The Bertz CT molecular complexity index is 1320. The largest absolute Gasteiger partial charge is 0.497 e. The predicted octanol–water partition coefficient (Wildman–Crippen LogP) is 4.31. The van der Waals surface area contributed by atoms with Crippen molar-refractivity contribution in [2.45, 2.75) is 25.9 Å². The molecule has 2 aromatic carbocycles. The Kier molecular flexibility index (Phi) is 7.67. The highest BCUT2D eigenvalue weighted by Crippen LogP contribution is 2.23. The average molecular weight is 500 g/mol. The van der Waals surface area contributed by atoms with Crippen LogP contribution in [-0.4, -0.2) is 58.9 Å². The van der Waals surface area contributed by atoms with Gasteiger partial charge in [0.2, 0.25) is 0 Å². The first kappa shape index (κ1) is 24.8. The number of rotatable bonds is 7. The molecule has 0 atom stereocenters. The average Bonchev–Trinajstić information content (AvgIpc) is 3.32. The van der Waals surface area contributed by atoms with Crippen LogP contribution < -0.4 is 15.1 Å². The molecule has 1 aliphatic rings. The third kappa shape index (κ3) is 5.93. The van der Waals surface area contributed by atoms with Gasteiger partial charge in [-0.2, -0.15) is 0 Å². The lowest BCUT2D eigenvalue weighted by atomic mass is 10.1. The molecule has 0 radical (unpaired) electrons. The number of fused-ring (bicyclic) bond motifs is 1. The summed E-state index contributed by atoms with van der Waals surface area (Å²) in [5.74, 6) is 0.387. The lowest BCUT2D eigenvalue weighted by molar-refractivity contribution is 0.0706. The van der Waals surface area contributed by atoms with E-state index in [1.807, 2.05) is 30.5 Å². The lowest BCUT2D eigenvalue weighted by Crippen LogP contribution is -2.36. The van der Waals surface area contributed by atoms with Gasteiger partial charge in [0.05, 0.1) is 19.0 Å². The van der Waals surface area contributed by atoms with Gasteiger partial charge in [-0.3, -0.25) is 14.9 Å². The first-order valence-electron chi connectivity index (χ1n) is 12.7. The maximum absolute atomic E-state index is 11.5. The fourth-order valence-corrected chi connectivity index (χ4v) is 4.99. The van der Waals surface area contributed by atoms with Crippen molar-refractivity contribution in [1.82, 2.24) is 19.9 Å². The Morgan fingerprint density at radius 3 is 2.30 bits per heavy atom. The molecule has 4 aromatic rings. The summed E-state index contributed by atoms with van der Waals surface area (Å²) in [4.78, 5) is 21.4. The van der Waals surface area contributed by atoms with Crippen molar-refractivity contribution in [3.8, 4) is 5.75 Å². The summed E-state index contributed by atoms with van der Waals surface area (Å²) in [6, 6.07) is 19.9. The van der Waals surface area contributed by atoms with E-state index < -0.39 is 5.91 Å². The zero-order valence-corrected chi connectivity index (χ0v) is 21.1. The molecule has 0 saturated carbocycles. The van der Waals surface area contributed by atoms with Crippen LogP contribution in [0.1, 0.15) is 34.3 Å². The van der Waals surface area contributed by atoms with E-state index in [9.17, 15) is 4.79 Å². The van der Waals surface area contributed by atoms with Gasteiger partial charge in [-0.1, -0.05) is 24.3 Å². The highest BCUT2D eigenvalue weighted by molar-refractivity contribution is 5.93. The van der Waals surface area contributed by atoms with Gasteiger partial charge in [0.1, 0.15) is 11.4 Å². The van der Waals surface area contributed by atoms with Crippen molar-refractivity contribution in [2.24, 2.45) is 0 Å². The van der Waals surface area contributed by atoms with Crippen LogP contribution in [0.3, 0.4) is 0 Å². The minimum absolute atomic E-state index is 0.420. The highest BCUT2D eigenvalue weighted by atomic mass is 16.5. The van der Waals surface area contributed by atoms with E-state index in [4.69, 9.17) is 14.9 Å². The second-order valence-corrected chi connectivity index (χ2v) is 9.51. The molecule has 2 N–H and O–H groups in total. The SMILES string of the molecule is COc1ccc(CN2CCCN(c3cnc4c(ccn4Cc4ccc(C(=O)NO)cc4)c3)CCC2)cc1. The molecule has 0 bridgehead atoms. The number of amides is 1. The van der Waals surface area contributed by atoms with Gasteiger partial charge in [0.25, 0.3) is 5.91 Å². The number of benzene rings is 2. The number of aromatic nitrogens is 2. The van der Waals surface area contributed by atoms with Crippen molar-refractivity contribution in [3.63, 3.8) is 0 Å². The molecule has 8 nitrogen and oxygen atoms in total. The molecule has 37 heavy (non-hydrogen) atoms. The molecule has 1 saturated heterocycles. The summed E-state index contributed by atoms with van der Waals surface area (Å²) < 4.78 is 7.39. The number of methoxy groups -OCH3 is 1. The van der Waals surface area contributed by atoms with E-state index >= 15 is 0 Å². The molecule has 3 heterocycles. The van der Waals surface area contributed by atoms with Crippen LogP contribution in [0.5, 0.6) is 5.75 Å². The van der Waals surface area contributed by atoms with E-state index in [0.717, 1.165) is 67.9 Å². The summed E-state index contributed by atoms with van der Waals surface area (Å²) >= 11 is 0. The number of ether oxygens (including phenoxy) is 1. The van der Waals surface area contributed by atoms with Crippen LogP contribution in [0.4, 0.5) is 5.69 Å². The van der Waals surface area contributed by atoms with Crippen LogP contribution in [0.2, 0.25) is 0 Å². The zero-order valence-electron chi connectivity index (χ0n) is 21.1. The van der Waals surface area contributed by atoms with Gasteiger partial charge >= 0.3 is 0 Å². The summed E-state index contributed by atoms with van der Waals surface area (Å²) in [6.07, 6.45) is 6.27. The fourth-order valence-electron chi connectivity index (χ4n) is 4.99. The number of pyridine rings is 1. The van der Waals surface area contributed by atoms with Gasteiger partial charge in [-0.25, -0.2) is 10.5 Å². The summed E-state index contributed by atoms with van der Waals surface area (Å²) in [6.45, 7) is 5.81. The van der Waals surface area contributed by atoms with Crippen molar-refractivity contribution in [2.75, 3.05) is 38.2 Å². The number of hydrogen-bond acceptors (Lipinski definition) is 6. The third-order valence-electron chi connectivity index (χ3n) is 6.99. The minimum Gasteiger partial charge on any atom is -0.497 e. The topological polar surface area (TPSA) is 82.9 Å². The van der Waals surface area contributed by atoms with E-state index in [-0.39, 0.29) is 0 Å². The molecule has 192 valence electrons. The smallest absolute Gasteiger partial charge is 0.274 e. The molecule has 8 heteroatoms. The number of nitrogens with zero attached hydrogens (tertiary/aromatic N) is 4. The predicted molar refractivity (Wildman–Crippen MR) is 144 cm³/mol. The number of hydroxylamine groups is 1. The number of carbonyl (C=O) groups excluding carboxylic acids is 1. The first-order valence-corrected chi connectivity index (χ1v) is 12.7. The fraction of sp³-hybridized carbons (Fsp3) is 0.310.